The van der Waals surface area contributed by atoms with Crippen molar-refractivity contribution < 1.29 is 14.3 Å². The van der Waals surface area contributed by atoms with E-state index >= 15 is 0 Å². The fraction of sp³-hybridized carbons (Fsp3) is 0.440. The second-order valence-corrected chi connectivity index (χ2v) is 7.63. The van der Waals surface area contributed by atoms with Crippen molar-refractivity contribution in [3.05, 3.63) is 59.2 Å². The summed E-state index contributed by atoms with van der Waals surface area (Å²) in [4.78, 5) is 19.3. The van der Waals surface area contributed by atoms with Gasteiger partial charge in [-0.2, -0.15) is 0 Å². The first-order valence-corrected chi connectivity index (χ1v) is 11.3. The summed E-state index contributed by atoms with van der Waals surface area (Å²) in [5.41, 5.74) is 4.35. The van der Waals surface area contributed by atoms with Crippen molar-refractivity contribution in [1.82, 2.24) is 10.6 Å². The van der Waals surface area contributed by atoms with Crippen LogP contribution < -0.4 is 20.3 Å². The highest BCUT2D eigenvalue weighted by Gasteiger charge is 2.23. The molecule has 2 aromatic rings. The molecule has 180 valence electrons. The fourth-order valence-electron chi connectivity index (χ4n) is 3.64. The summed E-state index contributed by atoms with van der Waals surface area (Å²) in [5, 5.41) is 6.39. The number of para-hydroxylation sites is 1. The molecule has 0 spiro atoms. The van der Waals surface area contributed by atoms with Gasteiger partial charge in [0.1, 0.15) is 12.4 Å². The number of fused-ring (bicyclic) bond motifs is 1. The molecule has 2 aromatic carbocycles. The Labute approximate surface area is 214 Å². The van der Waals surface area contributed by atoms with Crippen molar-refractivity contribution in [3.63, 3.8) is 0 Å². The molecule has 3 rings (SSSR count). The maximum Gasteiger partial charge on any atom is 0.246 e. The van der Waals surface area contributed by atoms with Crippen LogP contribution >= 0.6 is 24.0 Å². The number of halogens is 1. The highest BCUT2D eigenvalue weighted by atomic mass is 127. The predicted octanol–water partition coefficient (Wildman–Crippen LogP) is 3.67. The first-order valence-electron chi connectivity index (χ1n) is 11.3. The van der Waals surface area contributed by atoms with Crippen LogP contribution in [0.25, 0.3) is 0 Å². The molecule has 1 heterocycles. The Morgan fingerprint density at radius 3 is 2.73 bits per heavy atom. The Morgan fingerprint density at radius 2 is 1.94 bits per heavy atom. The standard InChI is InChI=1S/C25H34N4O3.HI/c1-4-26-25(28-18-24(30)29-13-12-20-8-6-7-9-22(20)29)27-17-21-11-10-19(3)16-23(21)32-15-14-31-5-2;/h6-11,16H,4-5,12-15,17-18H2,1-3H3,(H2,26,27,28);1H. The van der Waals surface area contributed by atoms with Crippen molar-refractivity contribution in [3.8, 4) is 5.75 Å². The summed E-state index contributed by atoms with van der Waals surface area (Å²) in [5.74, 6) is 1.46. The summed E-state index contributed by atoms with van der Waals surface area (Å²) in [6.45, 7) is 9.80. The number of ether oxygens (including phenoxy) is 2. The normalized spacial score (nSPS) is 12.7. The van der Waals surface area contributed by atoms with Crippen LogP contribution in [0.4, 0.5) is 5.69 Å². The minimum Gasteiger partial charge on any atom is -0.491 e. The molecule has 33 heavy (non-hydrogen) atoms. The van der Waals surface area contributed by atoms with Crippen LogP contribution in [0.5, 0.6) is 5.75 Å². The van der Waals surface area contributed by atoms with E-state index in [-0.39, 0.29) is 36.4 Å². The minimum absolute atomic E-state index is 0. The molecule has 0 aliphatic carbocycles. The number of anilines is 1. The molecule has 0 atom stereocenters. The van der Waals surface area contributed by atoms with Crippen LogP contribution in [0.3, 0.4) is 0 Å². The molecule has 1 aliphatic heterocycles. The van der Waals surface area contributed by atoms with E-state index in [1.54, 1.807) is 0 Å². The second kappa shape index (κ2) is 14.0. The molecular formula is C25H35IN4O3. The van der Waals surface area contributed by atoms with Gasteiger partial charge in [-0.3, -0.25) is 4.79 Å². The molecule has 8 heteroatoms. The Kier molecular flexibility index (Phi) is 11.5. The van der Waals surface area contributed by atoms with Crippen LogP contribution in [-0.2, 0) is 22.5 Å². The van der Waals surface area contributed by atoms with Crippen molar-refractivity contribution in [1.29, 1.82) is 0 Å². The number of aryl methyl sites for hydroxylation is 1. The van der Waals surface area contributed by atoms with E-state index < -0.39 is 0 Å². The summed E-state index contributed by atoms with van der Waals surface area (Å²) in [6.07, 6.45) is 0.898. The first kappa shape index (κ1) is 26.9. The molecule has 0 saturated carbocycles. The van der Waals surface area contributed by atoms with Crippen LogP contribution in [0.15, 0.2) is 47.5 Å². The number of benzene rings is 2. The van der Waals surface area contributed by atoms with Crippen molar-refractivity contribution in [2.24, 2.45) is 4.99 Å². The van der Waals surface area contributed by atoms with Crippen molar-refractivity contribution >= 4 is 41.5 Å². The number of aliphatic imine (C=N–C) groups is 1. The van der Waals surface area contributed by atoms with Gasteiger partial charge in [-0.1, -0.05) is 30.3 Å². The molecule has 7 nitrogen and oxygen atoms in total. The van der Waals surface area contributed by atoms with Gasteiger partial charge in [0, 0.05) is 30.9 Å². The average Bonchev–Trinajstić information content (AvgIpc) is 3.23. The lowest BCUT2D eigenvalue weighted by Crippen LogP contribution is -2.44. The molecule has 0 fully saturated rings. The third-order valence-corrected chi connectivity index (χ3v) is 5.26. The zero-order chi connectivity index (χ0) is 22.8. The van der Waals surface area contributed by atoms with E-state index in [0.717, 1.165) is 35.5 Å². The molecule has 0 aromatic heterocycles. The van der Waals surface area contributed by atoms with Crippen LogP contribution in [0, 0.1) is 6.92 Å². The number of rotatable bonds is 10. The fourth-order valence-corrected chi connectivity index (χ4v) is 3.64. The van der Waals surface area contributed by atoms with E-state index in [1.807, 2.05) is 56.0 Å². The number of hydrogen-bond acceptors (Lipinski definition) is 4. The zero-order valence-electron chi connectivity index (χ0n) is 19.7. The smallest absolute Gasteiger partial charge is 0.246 e. The Bertz CT molecular complexity index is 936. The average molecular weight is 566 g/mol. The maximum atomic E-state index is 12.8. The number of hydrogen-bond donors (Lipinski definition) is 2. The monoisotopic (exact) mass is 566 g/mol. The molecule has 0 saturated heterocycles. The quantitative estimate of drug-likeness (QED) is 0.199. The van der Waals surface area contributed by atoms with Gasteiger partial charge in [-0.25, -0.2) is 4.99 Å². The van der Waals surface area contributed by atoms with Gasteiger partial charge in [0.25, 0.3) is 0 Å². The number of guanidine groups is 1. The van der Waals surface area contributed by atoms with E-state index in [2.05, 4.69) is 27.8 Å². The Hall–Kier alpha value is -2.33. The summed E-state index contributed by atoms with van der Waals surface area (Å²) in [6, 6.07) is 14.2. The predicted molar refractivity (Wildman–Crippen MR) is 144 cm³/mol. The Morgan fingerprint density at radius 1 is 1.12 bits per heavy atom. The van der Waals surface area contributed by atoms with E-state index in [9.17, 15) is 4.79 Å². The minimum atomic E-state index is 0. The van der Waals surface area contributed by atoms with Gasteiger partial charge in [-0.15, -0.1) is 24.0 Å². The lowest BCUT2D eigenvalue weighted by molar-refractivity contribution is -0.117. The van der Waals surface area contributed by atoms with Gasteiger partial charge in [0.05, 0.1) is 19.7 Å². The summed E-state index contributed by atoms with van der Waals surface area (Å²) >= 11 is 0. The third kappa shape index (κ3) is 7.89. The van der Waals surface area contributed by atoms with Crippen molar-refractivity contribution in [2.45, 2.75) is 33.7 Å². The van der Waals surface area contributed by atoms with Crippen LogP contribution in [0.2, 0.25) is 0 Å². The topological polar surface area (TPSA) is 75.2 Å². The largest absolute Gasteiger partial charge is 0.491 e. The maximum absolute atomic E-state index is 12.8. The van der Waals surface area contributed by atoms with E-state index in [1.165, 1.54) is 5.56 Å². The summed E-state index contributed by atoms with van der Waals surface area (Å²) in [7, 11) is 0. The number of nitrogens with one attached hydrogen (secondary N) is 2. The van der Waals surface area contributed by atoms with Crippen LogP contribution in [-0.4, -0.2) is 51.3 Å². The Balaban J connectivity index is 0.00000385. The third-order valence-electron chi connectivity index (χ3n) is 5.26. The lowest BCUT2D eigenvalue weighted by Gasteiger charge is -2.19. The lowest BCUT2D eigenvalue weighted by atomic mass is 10.1. The number of carbonyl (C=O) groups is 1. The van der Waals surface area contributed by atoms with Crippen molar-refractivity contribution in [2.75, 3.05) is 44.4 Å². The molecule has 0 radical (unpaired) electrons. The van der Waals surface area contributed by atoms with E-state index in [0.29, 0.717) is 38.9 Å². The van der Waals surface area contributed by atoms with Gasteiger partial charge in [-0.05, 0) is 50.5 Å². The molecule has 0 bridgehead atoms. The second-order valence-electron chi connectivity index (χ2n) is 7.63. The SMILES string of the molecule is CCNC(=NCc1ccc(C)cc1OCCOCC)NCC(=O)N1CCc2ccccc21.I. The molecule has 1 aliphatic rings. The highest BCUT2D eigenvalue weighted by Crippen LogP contribution is 2.27. The molecule has 2 N–H and O–H groups in total. The number of amides is 1. The van der Waals surface area contributed by atoms with Gasteiger partial charge >= 0.3 is 0 Å². The molecule has 1 amide bonds. The van der Waals surface area contributed by atoms with Gasteiger partial charge in [0.15, 0.2) is 5.96 Å². The molecular weight excluding hydrogens is 531 g/mol. The van der Waals surface area contributed by atoms with E-state index in [4.69, 9.17) is 9.47 Å². The molecule has 0 unspecified atom stereocenters. The first-order chi connectivity index (χ1) is 15.6. The summed E-state index contributed by atoms with van der Waals surface area (Å²) < 4.78 is 11.3. The zero-order valence-corrected chi connectivity index (χ0v) is 22.1. The number of carbonyl (C=O) groups excluding carboxylic acids is 1. The van der Waals surface area contributed by atoms with Gasteiger partial charge < -0.3 is 25.0 Å². The number of nitrogens with zero attached hydrogens (tertiary/aromatic N) is 2. The highest BCUT2D eigenvalue weighted by molar-refractivity contribution is 14.0. The van der Waals surface area contributed by atoms with Crippen LogP contribution in [0.1, 0.15) is 30.5 Å². The van der Waals surface area contributed by atoms with Gasteiger partial charge in [0.2, 0.25) is 5.91 Å².